The van der Waals surface area contributed by atoms with Gasteiger partial charge in [0.15, 0.2) is 6.61 Å². The van der Waals surface area contributed by atoms with Crippen molar-refractivity contribution in [2.45, 2.75) is 25.3 Å². The molecule has 1 atom stereocenters. The molecule has 1 aliphatic rings. The Bertz CT molecular complexity index is 1060. The molecule has 1 aliphatic carbocycles. The van der Waals surface area contributed by atoms with Crippen LogP contribution in [0, 0.1) is 0 Å². The van der Waals surface area contributed by atoms with Gasteiger partial charge in [-0.1, -0.05) is 30.3 Å². The van der Waals surface area contributed by atoms with E-state index in [1.54, 1.807) is 31.4 Å². The summed E-state index contributed by atoms with van der Waals surface area (Å²) in [7, 11) is 1.59. The minimum atomic E-state index is -0.623. The van der Waals surface area contributed by atoms with Gasteiger partial charge in [0.05, 0.1) is 18.7 Å². The smallest absolute Gasteiger partial charge is 0.357 e. The number of nitrogens with one attached hydrogen (secondary N) is 1. The number of carbonyl (C=O) groups excluding carboxylic acids is 2. The van der Waals surface area contributed by atoms with Gasteiger partial charge in [-0.15, -0.1) is 0 Å². The zero-order chi connectivity index (χ0) is 20.2. The fourth-order valence-corrected chi connectivity index (χ4v) is 3.69. The van der Waals surface area contributed by atoms with Gasteiger partial charge in [-0.3, -0.25) is 4.79 Å². The highest BCUT2D eigenvalue weighted by atomic mass is 16.5. The molecule has 1 unspecified atom stereocenters. The van der Waals surface area contributed by atoms with E-state index in [4.69, 9.17) is 9.47 Å². The van der Waals surface area contributed by atoms with Crippen molar-refractivity contribution >= 4 is 22.8 Å². The molecule has 0 saturated carbocycles. The second kappa shape index (κ2) is 8.31. The molecule has 1 heterocycles. The maximum Gasteiger partial charge on any atom is 0.357 e. The lowest BCUT2D eigenvalue weighted by Gasteiger charge is -2.26. The van der Waals surface area contributed by atoms with Crippen LogP contribution in [-0.4, -0.2) is 30.6 Å². The third kappa shape index (κ3) is 4.21. The number of esters is 1. The third-order valence-electron chi connectivity index (χ3n) is 5.14. The molecular formula is C23H22N2O4. The van der Waals surface area contributed by atoms with E-state index < -0.39 is 5.97 Å². The number of benzene rings is 2. The van der Waals surface area contributed by atoms with Gasteiger partial charge in [-0.25, -0.2) is 9.78 Å². The molecular weight excluding hydrogens is 368 g/mol. The van der Waals surface area contributed by atoms with Crippen LogP contribution in [0.25, 0.3) is 10.9 Å². The minimum absolute atomic E-state index is 0.0417. The number of hydrogen-bond donors (Lipinski definition) is 1. The van der Waals surface area contributed by atoms with Crippen molar-refractivity contribution in [1.29, 1.82) is 0 Å². The van der Waals surface area contributed by atoms with E-state index in [9.17, 15) is 9.59 Å². The van der Waals surface area contributed by atoms with E-state index in [0.29, 0.717) is 5.52 Å². The third-order valence-corrected chi connectivity index (χ3v) is 5.14. The van der Waals surface area contributed by atoms with Crippen LogP contribution in [0.3, 0.4) is 0 Å². The van der Waals surface area contributed by atoms with Gasteiger partial charge < -0.3 is 14.8 Å². The number of methoxy groups -OCH3 is 1. The maximum absolute atomic E-state index is 12.3. The quantitative estimate of drug-likeness (QED) is 0.674. The molecule has 0 bridgehead atoms. The second-order valence-electron chi connectivity index (χ2n) is 7.04. The Morgan fingerprint density at radius 3 is 2.86 bits per heavy atom. The first-order chi connectivity index (χ1) is 14.1. The molecule has 1 amide bonds. The monoisotopic (exact) mass is 390 g/mol. The fourth-order valence-electron chi connectivity index (χ4n) is 3.69. The van der Waals surface area contributed by atoms with E-state index in [-0.39, 0.29) is 24.2 Å². The van der Waals surface area contributed by atoms with Crippen LogP contribution in [0.2, 0.25) is 0 Å². The van der Waals surface area contributed by atoms with Crippen molar-refractivity contribution in [2.24, 2.45) is 0 Å². The lowest BCUT2D eigenvalue weighted by Crippen LogP contribution is -2.34. The first-order valence-corrected chi connectivity index (χ1v) is 9.63. The van der Waals surface area contributed by atoms with Gasteiger partial charge in [-0.2, -0.15) is 0 Å². The van der Waals surface area contributed by atoms with Gasteiger partial charge in [-0.05, 0) is 54.7 Å². The predicted octanol–water partition coefficient (Wildman–Crippen LogP) is 3.59. The van der Waals surface area contributed by atoms with E-state index >= 15 is 0 Å². The number of ether oxygens (including phenoxy) is 2. The van der Waals surface area contributed by atoms with Gasteiger partial charge in [0.2, 0.25) is 0 Å². The first kappa shape index (κ1) is 18.9. The molecule has 0 aliphatic heterocycles. The van der Waals surface area contributed by atoms with Crippen molar-refractivity contribution in [3.8, 4) is 5.75 Å². The summed E-state index contributed by atoms with van der Waals surface area (Å²) in [6, 6.07) is 16.8. The SMILES string of the molecule is COc1ccc2nc(C(=O)OCC(=O)NC3CCCc4ccccc43)ccc2c1. The van der Waals surface area contributed by atoms with Gasteiger partial charge in [0, 0.05) is 5.39 Å². The zero-order valence-electron chi connectivity index (χ0n) is 16.2. The number of hydrogen-bond acceptors (Lipinski definition) is 5. The molecule has 2 aromatic carbocycles. The molecule has 148 valence electrons. The Morgan fingerprint density at radius 2 is 2.00 bits per heavy atom. The topological polar surface area (TPSA) is 77.5 Å². The molecule has 1 aromatic heterocycles. The van der Waals surface area contributed by atoms with Crippen molar-refractivity contribution in [3.05, 3.63) is 71.4 Å². The fraction of sp³-hybridized carbons (Fsp3) is 0.261. The highest BCUT2D eigenvalue weighted by Gasteiger charge is 2.22. The van der Waals surface area contributed by atoms with Crippen LogP contribution in [0.5, 0.6) is 5.75 Å². The Morgan fingerprint density at radius 1 is 1.14 bits per heavy atom. The standard InChI is InChI=1S/C23H22N2O4/c1-28-17-10-12-19-16(13-17)9-11-21(24-19)23(27)29-14-22(26)25-20-8-4-6-15-5-2-3-7-18(15)20/h2-3,5,7,9-13,20H,4,6,8,14H2,1H3,(H,25,26). The Hall–Kier alpha value is -3.41. The second-order valence-corrected chi connectivity index (χ2v) is 7.04. The summed E-state index contributed by atoms with van der Waals surface area (Å²) in [6.07, 6.45) is 2.93. The lowest BCUT2D eigenvalue weighted by molar-refractivity contribution is -0.125. The normalized spacial score (nSPS) is 15.4. The summed E-state index contributed by atoms with van der Waals surface area (Å²) in [5, 5.41) is 3.83. The highest BCUT2D eigenvalue weighted by Crippen LogP contribution is 2.29. The van der Waals surface area contributed by atoms with Crippen LogP contribution < -0.4 is 10.1 Å². The Balaban J connectivity index is 1.37. The first-order valence-electron chi connectivity index (χ1n) is 9.63. The van der Waals surface area contributed by atoms with Crippen molar-refractivity contribution in [2.75, 3.05) is 13.7 Å². The molecule has 0 saturated heterocycles. The number of aryl methyl sites for hydroxylation is 1. The number of nitrogens with zero attached hydrogens (tertiary/aromatic N) is 1. The van der Waals surface area contributed by atoms with E-state index in [1.165, 1.54) is 5.56 Å². The summed E-state index contributed by atoms with van der Waals surface area (Å²) in [5.41, 5.74) is 3.23. The molecule has 29 heavy (non-hydrogen) atoms. The molecule has 4 rings (SSSR count). The Kier molecular flexibility index (Phi) is 5.42. The number of amides is 1. The van der Waals surface area contributed by atoms with E-state index in [2.05, 4.69) is 16.4 Å². The van der Waals surface area contributed by atoms with E-state index in [0.717, 1.165) is 36.0 Å². The molecule has 6 nitrogen and oxygen atoms in total. The molecule has 6 heteroatoms. The lowest BCUT2D eigenvalue weighted by atomic mass is 9.88. The summed E-state index contributed by atoms with van der Waals surface area (Å²) >= 11 is 0. The van der Waals surface area contributed by atoms with Gasteiger partial charge in [0.1, 0.15) is 11.4 Å². The summed E-state index contributed by atoms with van der Waals surface area (Å²) in [6.45, 7) is -0.334. The molecule has 0 fully saturated rings. The summed E-state index contributed by atoms with van der Waals surface area (Å²) in [4.78, 5) is 28.9. The molecule has 3 aromatic rings. The maximum atomic E-state index is 12.3. The number of rotatable bonds is 5. The van der Waals surface area contributed by atoms with Crippen molar-refractivity contribution in [1.82, 2.24) is 10.3 Å². The highest BCUT2D eigenvalue weighted by molar-refractivity contribution is 5.92. The molecule has 0 spiro atoms. The minimum Gasteiger partial charge on any atom is -0.497 e. The van der Waals surface area contributed by atoms with Gasteiger partial charge >= 0.3 is 5.97 Å². The average molecular weight is 390 g/mol. The average Bonchev–Trinajstić information content (AvgIpc) is 2.77. The van der Waals surface area contributed by atoms with Gasteiger partial charge in [0.25, 0.3) is 5.91 Å². The summed E-state index contributed by atoms with van der Waals surface area (Å²) in [5.74, 6) is -0.219. The number of carbonyl (C=O) groups is 2. The molecule has 1 N–H and O–H groups in total. The van der Waals surface area contributed by atoms with Crippen LogP contribution in [0.1, 0.15) is 40.5 Å². The number of aromatic nitrogens is 1. The zero-order valence-corrected chi connectivity index (χ0v) is 16.2. The number of pyridine rings is 1. The van der Waals surface area contributed by atoms with E-state index in [1.807, 2.05) is 24.3 Å². The van der Waals surface area contributed by atoms with Crippen LogP contribution in [0.4, 0.5) is 0 Å². The van der Waals surface area contributed by atoms with Crippen LogP contribution in [0.15, 0.2) is 54.6 Å². The summed E-state index contributed by atoms with van der Waals surface area (Å²) < 4.78 is 10.4. The van der Waals surface area contributed by atoms with Crippen LogP contribution >= 0.6 is 0 Å². The largest absolute Gasteiger partial charge is 0.497 e. The number of fused-ring (bicyclic) bond motifs is 2. The van der Waals surface area contributed by atoms with Crippen LogP contribution in [-0.2, 0) is 16.0 Å². The van der Waals surface area contributed by atoms with Crippen molar-refractivity contribution in [3.63, 3.8) is 0 Å². The predicted molar refractivity (Wildman–Crippen MR) is 109 cm³/mol. The molecule has 0 radical (unpaired) electrons. The van der Waals surface area contributed by atoms with Crippen molar-refractivity contribution < 1.29 is 19.1 Å². The Labute approximate surface area is 168 Å².